The highest BCUT2D eigenvalue weighted by Crippen LogP contribution is 2.31. The summed E-state index contributed by atoms with van der Waals surface area (Å²) in [6.45, 7) is 3.58. The van der Waals surface area contributed by atoms with Crippen molar-refractivity contribution in [3.8, 4) is 0 Å². The van der Waals surface area contributed by atoms with Crippen LogP contribution in [0.2, 0.25) is 0 Å². The minimum atomic E-state index is 0.354. The van der Waals surface area contributed by atoms with Crippen LogP contribution in [0.1, 0.15) is 12.8 Å². The van der Waals surface area contributed by atoms with Crippen LogP contribution in [0.3, 0.4) is 0 Å². The highest BCUT2D eigenvalue weighted by atomic mass is 16.1. The Morgan fingerprint density at radius 3 is 2.75 bits per heavy atom. The van der Waals surface area contributed by atoms with Crippen LogP contribution in [0.5, 0.6) is 0 Å². The minimum Gasteiger partial charge on any atom is -0.234 e. The standard InChI is InChI=1S/C7H8O/c1-2-6-3-4-7(6)5-8/h2,6H,1,3-4H2. The van der Waals surface area contributed by atoms with Crippen molar-refractivity contribution in [2.45, 2.75) is 12.8 Å². The summed E-state index contributed by atoms with van der Waals surface area (Å²) in [5, 5.41) is 0. The van der Waals surface area contributed by atoms with E-state index in [0.717, 1.165) is 18.4 Å². The summed E-state index contributed by atoms with van der Waals surface area (Å²) in [6, 6.07) is 0. The van der Waals surface area contributed by atoms with E-state index >= 15 is 0 Å². The maximum Gasteiger partial charge on any atom is 0.124 e. The molecule has 1 atom stereocenters. The van der Waals surface area contributed by atoms with Gasteiger partial charge in [-0.15, -0.1) is 6.58 Å². The first-order chi connectivity index (χ1) is 3.88. The Labute approximate surface area is 48.7 Å². The van der Waals surface area contributed by atoms with Crippen LogP contribution in [0.15, 0.2) is 18.2 Å². The molecule has 1 nitrogen and oxygen atoms in total. The van der Waals surface area contributed by atoms with Crippen LogP contribution in [-0.2, 0) is 4.79 Å². The molecular formula is C7H8O. The largest absolute Gasteiger partial charge is 0.234 e. The Hall–Kier alpha value is -0.810. The van der Waals surface area contributed by atoms with Crippen LogP contribution in [-0.4, -0.2) is 5.94 Å². The molecule has 0 aromatic heterocycles. The van der Waals surface area contributed by atoms with Gasteiger partial charge in [0.15, 0.2) is 0 Å². The monoisotopic (exact) mass is 108 g/mol. The van der Waals surface area contributed by atoms with Gasteiger partial charge in [-0.3, -0.25) is 0 Å². The van der Waals surface area contributed by atoms with E-state index in [4.69, 9.17) is 0 Å². The lowest BCUT2D eigenvalue weighted by Crippen LogP contribution is -2.12. The van der Waals surface area contributed by atoms with Gasteiger partial charge in [-0.2, -0.15) is 0 Å². The summed E-state index contributed by atoms with van der Waals surface area (Å²) >= 11 is 0. The number of hydrogen-bond acceptors (Lipinski definition) is 1. The molecule has 1 unspecified atom stereocenters. The Morgan fingerprint density at radius 1 is 1.88 bits per heavy atom. The second kappa shape index (κ2) is 1.97. The molecule has 0 amide bonds. The number of hydrogen-bond donors (Lipinski definition) is 0. The molecule has 1 heteroatoms. The summed E-state index contributed by atoms with van der Waals surface area (Å²) in [5.41, 5.74) is 0.889. The summed E-state index contributed by atoms with van der Waals surface area (Å²) in [7, 11) is 0. The van der Waals surface area contributed by atoms with Crippen molar-refractivity contribution in [1.29, 1.82) is 0 Å². The van der Waals surface area contributed by atoms with Gasteiger partial charge in [0, 0.05) is 11.5 Å². The van der Waals surface area contributed by atoms with Crippen molar-refractivity contribution < 1.29 is 4.79 Å². The van der Waals surface area contributed by atoms with Crippen molar-refractivity contribution in [3.05, 3.63) is 18.2 Å². The second-order valence-electron chi connectivity index (χ2n) is 2.01. The normalized spacial score (nSPS) is 26.0. The van der Waals surface area contributed by atoms with Crippen LogP contribution < -0.4 is 0 Å². The topological polar surface area (TPSA) is 17.1 Å². The van der Waals surface area contributed by atoms with Crippen LogP contribution in [0, 0.1) is 5.92 Å². The van der Waals surface area contributed by atoms with Crippen LogP contribution in [0.4, 0.5) is 0 Å². The average Bonchev–Trinajstić information content (AvgIpc) is 1.66. The second-order valence-corrected chi connectivity index (χ2v) is 2.01. The molecule has 42 valence electrons. The fraction of sp³-hybridized carbons (Fsp3) is 0.429. The molecule has 1 fully saturated rings. The Kier molecular flexibility index (Phi) is 1.32. The van der Waals surface area contributed by atoms with Gasteiger partial charge in [0.2, 0.25) is 0 Å². The molecule has 0 aromatic carbocycles. The molecule has 0 N–H and O–H groups in total. The molecule has 0 aliphatic heterocycles. The lowest BCUT2D eigenvalue weighted by atomic mass is 9.81. The average molecular weight is 108 g/mol. The molecule has 8 heavy (non-hydrogen) atoms. The van der Waals surface area contributed by atoms with Gasteiger partial charge in [-0.25, -0.2) is 4.79 Å². The first kappa shape index (κ1) is 5.33. The van der Waals surface area contributed by atoms with E-state index in [2.05, 4.69) is 6.58 Å². The third kappa shape index (κ3) is 0.613. The van der Waals surface area contributed by atoms with E-state index in [1.165, 1.54) is 0 Å². The molecule has 0 heterocycles. The Bertz CT molecular complexity index is 152. The van der Waals surface area contributed by atoms with E-state index in [-0.39, 0.29) is 0 Å². The van der Waals surface area contributed by atoms with E-state index in [9.17, 15) is 4.79 Å². The smallest absolute Gasteiger partial charge is 0.124 e. The molecule has 0 aromatic rings. The Balaban J connectivity index is 2.62. The van der Waals surface area contributed by atoms with Crippen LogP contribution in [0.25, 0.3) is 0 Å². The van der Waals surface area contributed by atoms with Crippen molar-refractivity contribution in [2.24, 2.45) is 5.92 Å². The SMILES string of the molecule is C=CC1CCC1=C=O. The third-order valence-corrected chi connectivity index (χ3v) is 1.59. The van der Waals surface area contributed by atoms with Gasteiger partial charge in [-0.05, 0) is 12.8 Å². The molecular weight excluding hydrogens is 100 g/mol. The molecule has 0 radical (unpaired) electrons. The molecule has 1 aliphatic rings. The lowest BCUT2D eigenvalue weighted by Gasteiger charge is -2.22. The number of carbonyl (C=O) groups excluding carboxylic acids is 1. The Morgan fingerprint density at radius 2 is 2.62 bits per heavy atom. The maximum atomic E-state index is 9.95. The van der Waals surface area contributed by atoms with Crippen molar-refractivity contribution in [3.63, 3.8) is 0 Å². The maximum absolute atomic E-state index is 9.95. The zero-order chi connectivity index (χ0) is 5.98. The first-order valence-corrected chi connectivity index (χ1v) is 2.75. The van der Waals surface area contributed by atoms with Gasteiger partial charge in [0.1, 0.15) is 5.94 Å². The van der Waals surface area contributed by atoms with Gasteiger partial charge < -0.3 is 0 Å². The highest BCUT2D eigenvalue weighted by molar-refractivity contribution is 5.56. The summed E-state index contributed by atoms with van der Waals surface area (Å²) in [5.74, 6) is 2.25. The van der Waals surface area contributed by atoms with Crippen molar-refractivity contribution in [1.82, 2.24) is 0 Å². The molecule has 0 bridgehead atoms. The molecule has 0 spiro atoms. The number of rotatable bonds is 1. The predicted octanol–water partition coefficient (Wildman–Crippen LogP) is 1.34. The van der Waals surface area contributed by atoms with E-state index < -0.39 is 0 Å². The van der Waals surface area contributed by atoms with Gasteiger partial charge >= 0.3 is 0 Å². The zero-order valence-electron chi connectivity index (χ0n) is 4.68. The van der Waals surface area contributed by atoms with E-state index in [1.54, 1.807) is 0 Å². The first-order valence-electron chi connectivity index (χ1n) is 2.75. The third-order valence-electron chi connectivity index (χ3n) is 1.59. The molecule has 1 rings (SSSR count). The number of allylic oxidation sites excluding steroid dienone is 2. The fourth-order valence-corrected chi connectivity index (χ4v) is 0.842. The molecule has 0 saturated heterocycles. The van der Waals surface area contributed by atoms with E-state index in [1.807, 2.05) is 12.0 Å². The molecule has 1 saturated carbocycles. The van der Waals surface area contributed by atoms with Gasteiger partial charge in [0.05, 0.1) is 0 Å². The van der Waals surface area contributed by atoms with Crippen LogP contribution >= 0.6 is 0 Å². The van der Waals surface area contributed by atoms with Crippen molar-refractivity contribution >= 4 is 5.94 Å². The fourth-order valence-electron chi connectivity index (χ4n) is 0.842. The minimum absolute atomic E-state index is 0.354. The lowest BCUT2D eigenvalue weighted by molar-refractivity contribution is 0.516. The quantitative estimate of drug-likeness (QED) is 0.366. The van der Waals surface area contributed by atoms with E-state index in [0.29, 0.717) is 5.92 Å². The van der Waals surface area contributed by atoms with Gasteiger partial charge in [0.25, 0.3) is 0 Å². The van der Waals surface area contributed by atoms with Gasteiger partial charge in [-0.1, -0.05) is 6.08 Å². The summed E-state index contributed by atoms with van der Waals surface area (Å²) in [4.78, 5) is 9.95. The predicted molar refractivity (Wildman–Crippen MR) is 32.1 cm³/mol. The molecule has 1 aliphatic carbocycles. The highest BCUT2D eigenvalue weighted by Gasteiger charge is 2.21. The van der Waals surface area contributed by atoms with Crippen molar-refractivity contribution in [2.75, 3.05) is 0 Å². The zero-order valence-corrected chi connectivity index (χ0v) is 4.68. The summed E-state index contributed by atoms with van der Waals surface area (Å²) in [6.07, 6.45) is 3.83. The summed E-state index contributed by atoms with van der Waals surface area (Å²) < 4.78 is 0.